The van der Waals surface area contributed by atoms with Crippen molar-refractivity contribution in [1.82, 2.24) is 9.97 Å². The minimum atomic E-state index is 0.666. The molecular formula is C44H29N3O. The van der Waals surface area contributed by atoms with E-state index in [9.17, 15) is 0 Å². The lowest BCUT2D eigenvalue weighted by molar-refractivity contribution is 0.669. The maximum Gasteiger partial charge on any atom is 0.160 e. The van der Waals surface area contributed by atoms with Crippen LogP contribution in [0.2, 0.25) is 0 Å². The van der Waals surface area contributed by atoms with E-state index in [-0.39, 0.29) is 0 Å². The van der Waals surface area contributed by atoms with Crippen LogP contribution in [0.5, 0.6) is 0 Å². The first kappa shape index (κ1) is 27.8. The van der Waals surface area contributed by atoms with Gasteiger partial charge in [0, 0.05) is 38.7 Å². The summed E-state index contributed by atoms with van der Waals surface area (Å²) in [5.41, 5.74) is 10.8. The summed E-state index contributed by atoms with van der Waals surface area (Å²) in [6.07, 6.45) is 0. The maximum absolute atomic E-state index is 6.77. The summed E-state index contributed by atoms with van der Waals surface area (Å²) in [4.78, 5) is 12.3. The Morgan fingerprint density at radius 3 is 1.79 bits per heavy atom. The van der Waals surface area contributed by atoms with Crippen molar-refractivity contribution < 1.29 is 4.42 Å². The number of aromatic nitrogens is 2. The Kier molecular flexibility index (Phi) is 6.76. The molecule has 226 valence electrons. The van der Waals surface area contributed by atoms with Gasteiger partial charge in [-0.05, 0) is 59.7 Å². The molecule has 0 aliphatic heterocycles. The third-order valence-electron chi connectivity index (χ3n) is 8.87. The maximum atomic E-state index is 6.77. The summed E-state index contributed by atoms with van der Waals surface area (Å²) in [7, 11) is 0. The lowest BCUT2D eigenvalue weighted by Gasteiger charge is -2.25. The Morgan fingerprint density at radius 1 is 0.417 bits per heavy atom. The third kappa shape index (κ3) is 4.88. The molecule has 0 saturated heterocycles. The summed E-state index contributed by atoms with van der Waals surface area (Å²) < 4.78 is 6.77. The van der Waals surface area contributed by atoms with E-state index in [1.54, 1.807) is 0 Å². The van der Waals surface area contributed by atoms with Crippen molar-refractivity contribution in [2.45, 2.75) is 0 Å². The lowest BCUT2D eigenvalue weighted by atomic mass is 10.0. The van der Waals surface area contributed by atoms with Gasteiger partial charge in [0.05, 0.1) is 16.9 Å². The second-order valence-electron chi connectivity index (χ2n) is 11.8. The Morgan fingerprint density at radius 2 is 1.02 bits per heavy atom. The Hall–Kier alpha value is -6.52. The zero-order valence-electron chi connectivity index (χ0n) is 26.0. The average Bonchev–Trinajstić information content (AvgIpc) is 3.55. The van der Waals surface area contributed by atoms with Gasteiger partial charge in [-0.3, -0.25) is 0 Å². The minimum absolute atomic E-state index is 0.666. The van der Waals surface area contributed by atoms with Crippen LogP contribution < -0.4 is 4.90 Å². The predicted molar refractivity (Wildman–Crippen MR) is 198 cm³/mol. The highest BCUT2D eigenvalue weighted by molar-refractivity contribution is 6.11. The summed E-state index contributed by atoms with van der Waals surface area (Å²) >= 11 is 0. The number of fused-ring (bicyclic) bond motifs is 4. The molecule has 0 radical (unpaired) electrons. The molecule has 2 aromatic heterocycles. The molecule has 0 spiro atoms. The van der Waals surface area contributed by atoms with Crippen molar-refractivity contribution in [3.05, 3.63) is 176 Å². The zero-order valence-corrected chi connectivity index (χ0v) is 26.0. The lowest BCUT2D eigenvalue weighted by Crippen LogP contribution is -2.10. The molecule has 0 atom stereocenters. The van der Waals surface area contributed by atoms with E-state index >= 15 is 0 Å². The second-order valence-corrected chi connectivity index (χ2v) is 11.8. The summed E-state index contributed by atoms with van der Waals surface area (Å²) in [6, 6.07) is 60.7. The van der Waals surface area contributed by atoms with Gasteiger partial charge < -0.3 is 9.32 Å². The Balaban J connectivity index is 1.18. The fourth-order valence-electron chi connectivity index (χ4n) is 6.56. The van der Waals surface area contributed by atoms with E-state index in [0.717, 1.165) is 66.7 Å². The van der Waals surface area contributed by atoms with Crippen LogP contribution in [0.1, 0.15) is 0 Å². The van der Waals surface area contributed by atoms with Gasteiger partial charge in [-0.15, -0.1) is 0 Å². The molecule has 0 unspecified atom stereocenters. The van der Waals surface area contributed by atoms with Crippen molar-refractivity contribution in [3.63, 3.8) is 0 Å². The topological polar surface area (TPSA) is 42.2 Å². The fraction of sp³-hybridized carbons (Fsp3) is 0. The van der Waals surface area contributed by atoms with Gasteiger partial charge in [0.2, 0.25) is 0 Å². The Bertz CT molecular complexity index is 2540. The van der Waals surface area contributed by atoms with Crippen LogP contribution in [-0.2, 0) is 0 Å². The van der Waals surface area contributed by atoms with Gasteiger partial charge in [0.1, 0.15) is 5.58 Å². The highest BCUT2D eigenvalue weighted by atomic mass is 16.3. The largest absolute Gasteiger partial charge is 0.454 e. The number of hydrogen-bond donors (Lipinski definition) is 0. The molecule has 0 amide bonds. The van der Waals surface area contributed by atoms with Crippen molar-refractivity contribution in [3.8, 4) is 33.8 Å². The molecule has 0 aliphatic carbocycles. The molecule has 9 rings (SSSR count). The van der Waals surface area contributed by atoms with Crippen molar-refractivity contribution in [2.24, 2.45) is 0 Å². The summed E-state index contributed by atoms with van der Waals surface area (Å²) in [5.74, 6) is 0.666. The number of nitrogens with zero attached hydrogens (tertiary/aromatic N) is 3. The number of rotatable bonds is 6. The number of para-hydroxylation sites is 3. The fourth-order valence-corrected chi connectivity index (χ4v) is 6.56. The Labute approximate surface area is 278 Å². The molecule has 48 heavy (non-hydrogen) atoms. The number of anilines is 3. The van der Waals surface area contributed by atoms with Crippen LogP contribution in [-0.4, -0.2) is 9.97 Å². The molecule has 0 bridgehead atoms. The van der Waals surface area contributed by atoms with Gasteiger partial charge in [-0.1, -0.05) is 127 Å². The van der Waals surface area contributed by atoms with Crippen molar-refractivity contribution >= 4 is 49.9 Å². The zero-order chi connectivity index (χ0) is 31.9. The van der Waals surface area contributed by atoms with E-state index in [1.165, 1.54) is 11.1 Å². The van der Waals surface area contributed by atoms with Crippen LogP contribution in [0.4, 0.5) is 17.1 Å². The highest BCUT2D eigenvalue weighted by Crippen LogP contribution is 2.43. The molecule has 2 heterocycles. The molecule has 4 nitrogen and oxygen atoms in total. The van der Waals surface area contributed by atoms with Crippen LogP contribution in [0.15, 0.2) is 180 Å². The molecule has 7 aromatic carbocycles. The van der Waals surface area contributed by atoms with Crippen LogP contribution in [0, 0.1) is 0 Å². The summed E-state index contributed by atoms with van der Waals surface area (Å²) in [5, 5.41) is 3.13. The number of benzene rings is 7. The third-order valence-corrected chi connectivity index (χ3v) is 8.87. The standard InChI is InChI=1S/C44H29N3O/c1-4-13-30(14-5-1)31-23-26-35(27-24-31)47(34-17-8-3-9-18-34)40-22-12-20-37-36-28-25-33(29-41(36)48-43(37)40)44-45-39-21-11-10-19-38(39)42(46-44)32-15-6-2-7-16-32/h1-29H. The van der Waals surface area contributed by atoms with Gasteiger partial charge in [-0.2, -0.15) is 0 Å². The van der Waals surface area contributed by atoms with Gasteiger partial charge in [-0.25, -0.2) is 9.97 Å². The monoisotopic (exact) mass is 615 g/mol. The van der Waals surface area contributed by atoms with Crippen LogP contribution in [0.25, 0.3) is 66.6 Å². The van der Waals surface area contributed by atoms with Crippen molar-refractivity contribution in [1.29, 1.82) is 0 Å². The molecular weight excluding hydrogens is 587 g/mol. The predicted octanol–water partition coefficient (Wildman–Crippen LogP) is 12.0. The van der Waals surface area contributed by atoms with E-state index < -0.39 is 0 Å². The first-order valence-corrected chi connectivity index (χ1v) is 16.1. The molecule has 0 N–H and O–H groups in total. The smallest absolute Gasteiger partial charge is 0.160 e. The first-order valence-electron chi connectivity index (χ1n) is 16.1. The van der Waals surface area contributed by atoms with E-state index in [2.05, 4.69) is 132 Å². The van der Waals surface area contributed by atoms with E-state index in [1.807, 2.05) is 48.5 Å². The van der Waals surface area contributed by atoms with Crippen molar-refractivity contribution in [2.75, 3.05) is 4.90 Å². The second kappa shape index (κ2) is 11.7. The average molecular weight is 616 g/mol. The van der Waals surface area contributed by atoms with E-state index in [4.69, 9.17) is 14.4 Å². The van der Waals surface area contributed by atoms with Crippen LogP contribution >= 0.6 is 0 Å². The molecule has 9 aromatic rings. The van der Waals surface area contributed by atoms with Gasteiger partial charge >= 0.3 is 0 Å². The SMILES string of the molecule is c1ccc(-c2ccc(N(c3ccccc3)c3cccc4c3oc3cc(-c5nc(-c6ccccc6)c6ccccc6n5)ccc34)cc2)cc1. The van der Waals surface area contributed by atoms with Gasteiger partial charge in [0.15, 0.2) is 11.4 Å². The number of hydrogen-bond acceptors (Lipinski definition) is 4. The molecule has 0 fully saturated rings. The molecule has 4 heteroatoms. The van der Waals surface area contributed by atoms with E-state index in [0.29, 0.717) is 5.82 Å². The minimum Gasteiger partial charge on any atom is -0.454 e. The normalized spacial score (nSPS) is 11.3. The van der Waals surface area contributed by atoms with Crippen LogP contribution in [0.3, 0.4) is 0 Å². The molecule has 0 aliphatic rings. The molecule has 0 saturated carbocycles. The van der Waals surface area contributed by atoms with Gasteiger partial charge in [0.25, 0.3) is 0 Å². The number of furan rings is 1. The summed E-state index contributed by atoms with van der Waals surface area (Å²) in [6.45, 7) is 0. The quantitative estimate of drug-likeness (QED) is 0.187. The first-order chi connectivity index (χ1) is 23.8. The highest BCUT2D eigenvalue weighted by Gasteiger charge is 2.20.